The highest BCUT2D eigenvalue weighted by atomic mass is 16.1. The van der Waals surface area contributed by atoms with Gasteiger partial charge in [0.1, 0.15) is 5.78 Å². The molecule has 0 aliphatic carbocycles. The van der Waals surface area contributed by atoms with Gasteiger partial charge in [-0.15, -0.1) is 0 Å². The Kier molecular flexibility index (Phi) is 7.47. The third kappa shape index (κ3) is 9.63. The highest BCUT2D eigenvalue weighted by Gasteiger charge is 1.91. The summed E-state index contributed by atoms with van der Waals surface area (Å²) in [6, 6.07) is 0. The Morgan fingerprint density at radius 3 is 2.55 bits per heavy atom. The van der Waals surface area contributed by atoms with Gasteiger partial charge in [-0.3, -0.25) is 4.79 Å². The molecule has 0 aromatic heterocycles. The molecule has 0 aromatic carbocycles. The summed E-state index contributed by atoms with van der Waals surface area (Å²) in [7, 11) is 0. The number of unbranched alkanes of at least 4 members (excludes halogenated alkanes) is 3. The summed E-state index contributed by atoms with van der Waals surface area (Å²) in [5.74, 6) is 0.223. The van der Waals surface area contributed by atoms with E-state index in [9.17, 15) is 4.79 Å². The number of ketones is 1. The van der Waals surface area contributed by atoms with Crippen molar-refractivity contribution >= 4 is 5.78 Å². The molecule has 0 aromatic rings. The zero-order valence-electron chi connectivity index (χ0n) is 7.65. The van der Waals surface area contributed by atoms with Gasteiger partial charge in [-0.25, -0.2) is 0 Å². The van der Waals surface area contributed by atoms with Crippen molar-refractivity contribution < 1.29 is 4.79 Å². The number of hydrogen-bond acceptors (Lipinski definition) is 2. The van der Waals surface area contributed by atoms with E-state index in [-0.39, 0.29) is 5.78 Å². The first-order valence-electron chi connectivity index (χ1n) is 4.47. The van der Waals surface area contributed by atoms with Gasteiger partial charge >= 0.3 is 0 Å². The second kappa shape index (κ2) is 7.73. The van der Waals surface area contributed by atoms with Crippen molar-refractivity contribution in [3.8, 4) is 0 Å². The van der Waals surface area contributed by atoms with Gasteiger partial charge in [0.05, 0.1) is 6.54 Å². The molecule has 0 atom stereocenters. The van der Waals surface area contributed by atoms with Crippen LogP contribution >= 0.6 is 0 Å². The lowest BCUT2D eigenvalue weighted by molar-refractivity contribution is -0.116. The van der Waals surface area contributed by atoms with Gasteiger partial charge in [0.2, 0.25) is 0 Å². The van der Waals surface area contributed by atoms with E-state index in [1.807, 2.05) is 0 Å². The molecule has 0 unspecified atom stereocenters. The van der Waals surface area contributed by atoms with E-state index < -0.39 is 0 Å². The second-order valence-electron chi connectivity index (χ2n) is 2.94. The zero-order chi connectivity index (χ0) is 8.53. The fourth-order valence-corrected chi connectivity index (χ4v) is 0.941. The third-order valence-electron chi connectivity index (χ3n) is 1.58. The molecule has 1 N–H and O–H groups in total. The molecule has 0 rings (SSSR count). The number of rotatable bonds is 7. The fourth-order valence-electron chi connectivity index (χ4n) is 0.941. The fraction of sp³-hybridized carbons (Fsp3) is 0.889. The molecule has 0 heterocycles. The monoisotopic (exact) mass is 157 g/mol. The summed E-state index contributed by atoms with van der Waals surface area (Å²) in [5, 5.41) is 3.09. The molecule has 0 bridgehead atoms. The van der Waals surface area contributed by atoms with Crippen LogP contribution in [0, 0.1) is 0 Å². The normalized spacial score (nSPS) is 10.0. The molecule has 0 aliphatic heterocycles. The maximum atomic E-state index is 10.5. The molecular formula is C9H19NO. The van der Waals surface area contributed by atoms with E-state index >= 15 is 0 Å². The van der Waals surface area contributed by atoms with Crippen molar-refractivity contribution in [1.82, 2.24) is 5.32 Å². The lowest BCUT2D eigenvalue weighted by Crippen LogP contribution is -2.21. The highest BCUT2D eigenvalue weighted by molar-refractivity contribution is 5.77. The Labute approximate surface area is 69.4 Å². The van der Waals surface area contributed by atoms with Crippen LogP contribution in [0.3, 0.4) is 0 Å². The summed E-state index contributed by atoms with van der Waals surface area (Å²) in [4.78, 5) is 10.5. The maximum Gasteiger partial charge on any atom is 0.143 e. The zero-order valence-corrected chi connectivity index (χ0v) is 7.65. The smallest absolute Gasteiger partial charge is 0.143 e. The van der Waals surface area contributed by atoms with Crippen LogP contribution in [0.25, 0.3) is 0 Å². The first kappa shape index (κ1) is 10.6. The third-order valence-corrected chi connectivity index (χ3v) is 1.58. The van der Waals surface area contributed by atoms with Crippen molar-refractivity contribution in [2.45, 2.75) is 39.5 Å². The van der Waals surface area contributed by atoms with Gasteiger partial charge in [0, 0.05) is 0 Å². The minimum Gasteiger partial charge on any atom is -0.310 e. The largest absolute Gasteiger partial charge is 0.310 e. The Morgan fingerprint density at radius 2 is 2.00 bits per heavy atom. The molecule has 0 aliphatic rings. The van der Waals surface area contributed by atoms with E-state index in [2.05, 4.69) is 12.2 Å². The van der Waals surface area contributed by atoms with Crippen molar-refractivity contribution in [3.05, 3.63) is 0 Å². The van der Waals surface area contributed by atoms with Gasteiger partial charge in [0.15, 0.2) is 0 Å². The van der Waals surface area contributed by atoms with Gasteiger partial charge in [0.25, 0.3) is 0 Å². The van der Waals surface area contributed by atoms with E-state index in [4.69, 9.17) is 0 Å². The van der Waals surface area contributed by atoms with E-state index in [0.29, 0.717) is 6.54 Å². The molecule has 2 heteroatoms. The predicted molar refractivity (Wildman–Crippen MR) is 47.7 cm³/mol. The van der Waals surface area contributed by atoms with Crippen LogP contribution in [0.5, 0.6) is 0 Å². The van der Waals surface area contributed by atoms with Gasteiger partial charge in [-0.2, -0.15) is 0 Å². The van der Waals surface area contributed by atoms with Crippen molar-refractivity contribution in [2.24, 2.45) is 0 Å². The number of hydrogen-bond donors (Lipinski definition) is 1. The summed E-state index contributed by atoms with van der Waals surface area (Å²) < 4.78 is 0. The lowest BCUT2D eigenvalue weighted by Gasteiger charge is -2.00. The Bertz CT molecular complexity index is 102. The van der Waals surface area contributed by atoms with Crippen molar-refractivity contribution in [1.29, 1.82) is 0 Å². The average molecular weight is 157 g/mol. The van der Waals surface area contributed by atoms with Crippen LogP contribution in [0.2, 0.25) is 0 Å². The van der Waals surface area contributed by atoms with Crippen molar-refractivity contribution in [3.63, 3.8) is 0 Å². The molecular weight excluding hydrogens is 138 g/mol. The number of nitrogens with one attached hydrogen (secondary N) is 1. The summed E-state index contributed by atoms with van der Waals surface area (Å²) >= 11 is 0. The second-order valence-corrected chi connectivity index (χ2v) is 2.94. The SMILES string of the molecule is CCCCCCNCC(C)=O. The van der Waals surface area contributed by atoms with Gasteiger partial charge in [-0.05, 0) is 19.9 Å². The quantitative estimate of drug-likeness (QED) is 0.570. The topological polar surface area (TPSA) is 29.1 Å². The predicted octanol–water partition coefficient (Wildman–Crippen LogP) is 1.75. The standard InChI is InChI=1S/C9H19NO/c1-3-4-5-6-7-10-8-9(2)11/h10H,3-8H2,1-2H3. The van der Waals surface area contributed by atoms with E-state index in [1.54, 1.807) is 6.92 Å². The number of carbonyl (C=O) groups is 1. The summed E-state index contributed by atoms with van der Waals surface area (Å²) in [6.07, 6.45) is 5.05. The molecule has 0 spiro atoms. The number of carbonyl (C=O) groups excluding carboxylic acids is 1. The lowest BCUT2D eigenvalue weighted by atomic mass is 10.2. The molecule has 0 saturated carbocycles. The maximum absolute atomic E-state index is 10.5. The molecule has 66 valence electrons. The average Bonchev–Trinajstić information content (AvgIpc) is 1.96. The Morgan fingerprint density at radius 1 is 1.27 bits per heavy atom. The van der Waals surface area contributed by atoms with Crippen LogP contribution < -0.4 is 5.32 Å². The number of Topliss-reactive ketones (excluding diaryl/α,β-unsaturated/α-hetero) is 1. The first-order valence-corrected chi connectivity index (χ1v) is 4.47. The summed E-state index contributed by atoms with van der Waals surface area (Å²) in [5.41, 5.74) is 0. The molecule has 0 amide bonds. The molecule has 0 radical (unpaired) electrons. The molecule has 2 nitrogen and oxygen atoms in total. The van der Waals surface area contributed by atoms with Crippen LogP contribution in [-0.2, 0) is 4.79 Å². The molecule has 0 fully saturated rings. The Balaban J connectivity index is 2.85. The Hall–Kier alpha value is -0.370. The summed E-state index contributed by atoms with van der Waals surface area (Å²) in [6.45, 7) is 5.33. The van der Waals surface area contributed by atoms with E-state index in [0.717, 1.165) is 6.54 Å². The van der Waals surface area contributed by atoms with Crippen LogP contribution in [-0.4, -0.2) is 18.9 Å². The van der Waals surface area contributed by atoms with Crippen LogP contribution in [0.15, 0.2) is 0 Å². The van der Waals surface area contributed by atoms with Crippen LogP contribution in [0.4, 0.5) is 0 Å². The van der Waals surface area contributed by atoms with Gasteiger partial charge < -0.3 is 5.32 Å². The van der Waals surface area contributed by atoms with E-state index in [1.165, 1.54) is 25.7 Å². The molecule has 11 heavy (non-hydrogen) atoms. The minimum absolute atomic E-state index is 0.223. The highest BCUT2D eigenvalue weighted by Crippen LogP contribution is 1.96. The first-order chi connectivity index (χ1) is 5.27. The van der Waals surface area contributed by atoms with Gasteiger partial charge in [-0.1, -0.05) is 26.2 Å². The van der Waals surface area contributed by atoms with Crippen LogP contribution in [0.1, 0.15) is 39.5 Å². The minimum atomic E-state index is 0.223. The molecule has 0 saturated heterocycles. The van der Waals surface area contributed by atoms with Crippen molar-refractivity contribution in [2.75, 3.05) is 13.1 Å².